The van der Waals surface area contributed by atoms with Crippen LogP contribution in [0.1, 0.15) is 30.4 Å². The highest BCUT2D eigenvalue weighted by Crippen LogP contribution is 2.32. The van der Waals surface area contributed by atoms with E-state index in [0.717, 1.165) is 0 Å². The molecule has 0 aliphatic heterocycles. The van der Waals surface area contributed by atoms with Crippen LogP contribution >= 0.6 is 0 Å². The third-order valence-corrected chi connectivity index (χ3v) is 3.80. The number of hydrogen-bond acceptors (Lipinski definition) is 4. The maximum Gasteiger partial charge on any atom is 0.305 e. The molecule has 0 atom stereocenters. The first-order chi connectivity index (χ1) is 11.1. The molecule has 0 fully saturated rings. The Kier molecular flexibility index (Phi) is 5.66. The molecule has 2 aromatic carbocycles. The summed E-state index contributed by atoms with van der Waals surface area (Å²) in [7, 11) is 1.31. The Morgan fingerprint density at radius 2 is 1.39 bits per heavy atom. The van der Waals surface area contributed by atoms with Crippen LogP contribution in [-0.2, 0) is 19.9 Å². The summed E-state index contributed by atoms with van der Waals surface area (Å²) in [4.78, 5) is 23.9. The molecule has 2 rings (SSSR count). The average Bonchev–Trinajstić information content (AvgIpc) is 2.62. The van der Waals surface area contributed by atoms with E-state index in [1.807, 2.05) is 12.1 Å². The van der Waals surface area contributed by atoms with Gasteiger partial charge in [0.25, 0.3) is 0 Å². The summed E-state index contributed by atoms with van der Waals surface area (Å²) >= 11 is 0. The summed E-state index contributed by atoms with van der Waals surface area (Å²) in [6.07, 6.45) is 0.588. The number of carbonyl (C=O) groups excluding carboxylic acids is 2. The van der Waals surface area contributed by atoms with Gasteiger partial charge in [-0.05, 0) is 17.5 Å². The fraction of sp³-hybridized carbons (Fsp3) is 0.263. The predicted octanol–water partition coefficient (Wildman–Crippen LogP) is 2.83. The lowest BCUT2D eigenvalue weighted by Gasteiger charge is -2.28. The van der Waals surface area contributed by atoms with Crippen LogP contribution in [-0.4, -0.2) is 24.0 Å². The van der Waals surface area contributed by atoms with Crippen LogP contribution in [0.5, 0.6) is 0 Å². The van der Waals surface area contributed by atoms with Gasteiger partial charge < -0.3 is 9.84 Å². The van der Waals surface area contributed by atoms with Crippen molar-refractivity contribution >= 4 is 11.8 Å². The van der Waals surface area contributed by atoms with Crippen molar-refractivity contribution in [2.75, 3.05) is 7.11 Å². The predicted molar refractivity (Wildman–Crippen MR) is 86.8 cm³/mol. The molecule has 4 heteroatoms. The number of esters is 1. The molecular weight excluding hydrogens is 292 g/mol. The van der Waals surface area contributed by atoms with Gasteiger partial charge in [-0.15, -0.1) is 0 Å². The van der Waals surface area contributed by atoms with E-state index < -0.39 is 5.60 Å². The first-order valence-electron chi connectivity index (χ1n) is 7.52. The van der Waals surface area contributed by atoms with Crippen molar-refractivity contribution in [3.05, 3.63) is 71.8 Å². The van der Waals surface area contributed by atoms with E-state index in [-0.39, 0.29) is 24.6 Å². The maximum atomic E-state index is 12.7. The van der Waals surface area contributed by atoms with Gasteiger partial charge in [-0.3, -0.25) is 9.59 Å². The first-order valence-corrected chi connectivity index (χ1v) is 7.52. The molecule has 4 nitrogen and oxygen atoms in total. The van der Waals surface area contributed by atoms with Gasteiger partial charge >= 0.3 is 5.97 Å². The van der Waals surface area contributed by atoms with Gasteiger partial charge in [0.05, 0.1) is 7.11 Å². The van der Waals surface area contributed by atoms with Gasteiger partial charge in [-0.25, -0.2) is 0 Å². The molecule has 0 heterocycles. The lowest BCUT2D eigenvalue weighted by atomic mass is 9.81. The normalized spacial score (nSPS) is 11.0. The van der Waals surface area contributed by atoms with Crippen molar-refractivity contribution in [2.24, 2.45) is 0 Å². The van der Waals surface area contributed by atoms with Gasteiger partial charge in [0.2, 0.25) is 0 Å². The van der Waals surface area contributed by atoms with Crippen molar-refractivity contribution in [1.29, 1.82) is 0 Å². The molecule has 0 aromatic heterocycles. The zero-order valence-electron chi connectivity index (χ0n) is 13.1. The van der Waals surface area contributed by atoms with Crippen molar-refractivity contribution in [1.82, 2.24) is 0 Å². The molecule has 23 heavy (non-hydrogen) atoms. The molecule has 0 radical (unpaired) electrons. The number of aliphatic hydroxyl groups is 1. The molecule has 0 spiro atoms. The van der Waals surface area contributed by atoms with Crippen LogP contribution < -0.4 is 0 Å². The SMILES string of the molecule is COC(=O)CCCC(=O)C(O)(c1ccccc1)c1ccccc1. The smallest absolute Gasteiger partial charge is 0.305 e. The Morgan fingerprint density at radius 1 is 0.913 bits per heavy atom. The van der Waals surface area contributed by atoms with Gasteiger partial charge in [-0.1, -0.05) is 60.7 Å². The number of rotatable bonds is 7. The van der Waals surface area contributed by atoms with Crippen LogP contribution in [0.4, 0.5) is 0 Å². The van der Waals surface area contributed by atoms with E-state index in [0.29, 0.717) is 17.5 Å². The van der Waals surface area contributed by atoms with Crippen molar-refractivity contribution < 1.29 is 19.4 Å². The zero-order chi connectivity index (χ0) is 16.7. The second kappa shape index (κ2) is 7.70. The van der Waals surface area contributed by atoms with E-state index in [1.54, 1.807) is 48.5 Å². The highest BCUT2D eigenvalue weighted by Gasteiger charge is 2.38. The number of carbonyl (C=O) groups is 2. The maximum absolute atomic E-state index is 12.7. The number of ether oxygens (including phenoxy) is 1. The lowest BCUT2D eigenvalue weighted by molar-refractivity contribution is -0.141. The largest absolute Gasteiger partial charge is 0.469 e. The van der Waals surface area contributed by atoms with Crippen molar-refractivity contribution in [3.8, 4) is 0 Å². The van der Waals surface area contributed by atoms with E-state index >= 15 is 0 Å². The van der Waals surface area contributed by atoms with E-state index in [9.17, 15) is 14.7 Å². The van der Waals surface area contributed by atoms with Gasteiger partial charge in [0.1, 0.15) is 0 Å². The Morgan fingerprint density at radius 3 is 1.83 bits per heavy atom. The molecule has 1 N–H and O–H groups in total. The minimum atomic E-state index is -1.71. The second-order valence-corrected chi connectivity index (χ2v) is 5.30. The van der Waals surface area contributed by atoms with E-state index in [2.05, 4.69) is 4.74 Å². The summed E-state index contributed by atoms with van der Waals surface area (Å²) < 4.78 is 4.57. The molecule has 0 aliphatic rings. The Balaban J connectivity index is 2.28. The van der Waals surface area contributed by atoms with Crippen LogP contribution in [0.15, 0.2) is 60.7 Å². The third kappa shape index (κ3) is 3.85. The molecular formula is C19H20O4. The van der Waals surface area contributed by atoms with Crippen LogP contribution in [0, 0.1) is 0 Å². The minimum Gasteiger partial charge on any atom is -0.469 e. The van der Waals surface area contributed by atoms with Crippen molar-refractivity contribution in [2.45, 2.75) is 24.9 Å². The molecule has 120 valence electrons. The van der Waals surface area contributed by atoms with Crippen LogP contribution in [0.3, 0.4) is 0 Å². The fourth-order valence-corrected chi connectivity index (χ4v) is 2.52. The number of Topliss-reactive ketones (excluding diaryl/α,β-unsaturated/α-hetero) is 1. The van der Waals surface area contributed by atoms with Crippen LogP contribution in [0.25, 0.3) is 0 Å². The third-order valence-electron chi connectivity index (χ3n) is 3.80. The van der Waals surface area contributed by atoms with Crippen LogP contribution in [0.2, 0.25) is 0 Å². The number of benzene rings is 2. The minimum absolute atomic E-state index is 0.0926. The molecule has 2 aromatic rings. The van der Waals surface area contributed by atoms with E-state index in [4.69, 9.17) is 0 Å². The number of methoxy groups -OCH3 is 1. The highest BCUT2D eigenvalue weighted by molar-refractivity contribution is 5.92. The van der Waals surface area contributed by atoms with E-state index in [1.165, 1.54) is 7.11 Å². The van der Waals surface area contributed by atoms with Gasteiger partial charge in [-0.2, -0.15) is 0 Å². The Labute approximate surface area is 135 Å². The van der Waals surface area contributed by atoms with Gasteiger partial charge in [0.15, 0.2) is 11.4 Å². The summed E-state index contributed by atoms with van der Waals surface area (Å²) in [6.45, 7) is 0. The quantitative estimate of drug-likeness (QED) is 0.799. The monoisotopic (exact) mass is 312 g/mol. The molecule has 0 bridgehead atoms. The highest BCUT2D eigenvalue weighted by atomic mass is 16.5. The summed E-state index contributed by atoms with van der Waals surface area (Å²) in [5, 5.41) is 11.2. The second-order valence-electron chi connectivity index (χ2n) is 5.30. The van der Waals surface area contributed by atoms with Crippen molar-refractivity contribution in [3.63, 3.8) is 0 Å². The summed E-state index contributed by atoms with van der Waals surface area (Å²) in [6, 6.07) is 17.7. The summed E-state index contributed by atoms with van der Waals surface area (Å²) in [5.74, 6) is -0.695. The molecule has 0 amide bonds. The average molecular weight is 312 g/mol. The Bertz CT molecular complexity index is 610. The number of hydrogen-bond donors (Lipinski definition) is 1. The molecule has 0 saturated carbocycles. The number of ketones is 1. The Hall–Kier alpha value is -2.46. The summed E-state index contributed by atoms with van der Waals surface area (Å²) in [5.41, 5.74) is -0.665. The topological polar surface area (TPSA) is 63.6 Å². The molecule has 0 aliphatic carbocycles. The lowest BCUT2D eigenvalue weighted by Crippen LogP contribution is -2.37. The zero-order valence-corrected chi connectivity index (χ0v) is 13.1. The fourth-order valence-electron chi connectivity index (χ4n) is 2.52. The molecule has 0 unspecified atom stereocenters. The standard InChI is InChI=1S/C19H20O4/c1-23-18(21)14-8-13-17(20)19(22,15-9-4-2-5-10-15)16-11-6-3-7-12-16/h2-7,9-12,22H,8,13-14H2,1H3. The van der Waals surface area contributed by atoms with Gasteiger partial charge in [0, 0.05) is 12.8 Å². The first kappa shape index (κ1) is 16.9. The molecule has 0 saturated heterocycles.